The van der Waals surface area contributed by atoms with Crippen LogP contribution in [0.1, 0.15) is 11.1 Å². The summed E-state index contributed by atoms with van der Waals surface area (Å²) in [5, 5.41) is 0.767. The predicted octanol–water partition coefficient (Wildman–Crippen LogP) is 3.82. The minimum Gasteiger partial charge on any atom is -0.330 e. The fraction of sp³-hybridized carbons (Fsp3) is 0.200. The van der Waals surface area contributed by atoms with Gasteiger partial charge >= 0.3 is 0 Å². The second-order valence-electron chi connectivity index (χ2n) is 4.19. The monoisotopic (exact) mass is 245 g/mol. The molecule has 2 heteroatoms. The van der Waals surface area contributed by atoms with Crippen molar-refractivity contribution in [2.75, 3.05) is 6.54 Å². The van der Waals surface area contributed by atoms with E-state index in [9.17, 15) is 0 Å². The molecule has 0 fully saturated rings. The molecule has 0 bridgehead atoms. The Labute approximate surface area is 107 Å². The summed E-state index contributed by atoms with van der Waals surface area (Å²) in [7, 11) is 0. The van der Waals surface area contributed by atoms with Gasteiger partial charge in [0, 0.05) is 5.02 Å². The highest BCUT2D eigenvalue weighted by Crippen LogP contribution is 2.25. The maximum absolute atomic E-state index is 6.01. The summed E-state index contributed by atoms with van der Waals surface area (Å²) >= 11 is 6.01. The molecule has 2 N–H and O–H groups in total. The molecule has 2 rings (SSSR count). The van der Waals surface area contributed by atoms with Gasteiger partial charge in [-0.1, -0.05) is 41.9 Å². The lowest BCUT2D eigenvalue weighted by molar-refractivity contribution is 0.958. The first-order valence-electron chi connectivity index (χ1n) is 5.76. The molecule has 88 valence electrons. The van der Waals surface area contributed by atoms with E-state index in [-0.39, 0.29) is 0 Å². The maximum atomic E-state index is 6.01. The molecule has 1 nitrogen and oxygen atoms in total. The van der Waals surface area contributed by atoms with E-state index in [2.05, 4.69) is 31.2 Å². The summed E-state index contributed by atoms with van der Waals surface area (Å²) in [5.74, 6) is 0. The SMILES string of the molecule is Cc1ccc(-c2cccc(Cl)c2)cc1CCN. The zero-order chi connectivity index (χ0) is 12.3. The Hall–Kier alpha value is -1.31. The Morgan fingerprint density at radius 3 is 2.53 bits per heavy atom. The smallest absolute Gasteiger partial charge is 0.0412 e. The third-order valence-electron chi connectivity index (χ3n) is 2.92. The number of hydrogen-bond donors (Lipinski definition) is 1. The number of benzene rings is 2. The third kappa shape index (κ3) is 2.87. The van der Waals surface area contributed by atoms with E-state index in [4.69, 9.17) is 17.3 Å². The van der Waals surface area contributed by atoms with Gasteiger partial charge in [0.25, 0.3) is 0 Å². The molecular weight excluding hydrogens is 230 g/mol. The summed E-state index contributed by atoms with van der Waals surface area (Å²) in [6.07, 6.45) is 0.917. The Kier molecular flexibility index (Phi) is 3.82. The molecule has 0 saturated heterocycles. The van der Waals surface area contributed by atoms with Crippen LogP contribution in [0.5, 0.6) is 0 Å². The molecule has 0 atom stereocenters. The highest BCUT2D eigenvalue weighted by molar-refractivity contribution is 6.30. The van der Waals surface area contributed by atoms with E-state index >= 15 is 0 Å². The van der Waals surface area contributed by atoms with Crippen LogP contribution < -0.4 is 5.73 Å². The minimum absolute atomic E-state index is 0.680. The van der Waals surface area contributed by atoms with Crippen molar-refractivity contribution in [2.24, 2.45) is 5.73 Å². The average Bonchev–Trinajstić information content (AvgIpc) is 2.32. The van der Waals surface area contributed by atoms with Gasteiger partial charge in [-0.25, -0.2) is 0 Å². The fourth-order valence-electron chi connectivity index (χ4n) is 1.94. The van der Waals surface area contributed by atoms with Gasteiger partial charge in [0.2, 0.25) is 0 Å². The van der Waals surface area contributed by atoms with E-state index in [1.54, 1.807) is 0 Å². The number of halogens is 1. The van der Waals surface area contributed by atoms with Crippen molar-refractivity contribution >= 4 is 11.6 Å². The first-order chi connectivity index (χ1) is 8.20. The van der Waals surface area contributed by atoms with Crippen molar-refractivity contribution in [3.63, 3.8) is 0 Å². The lowest BCUT2D eigenvalue weighted by Crippen LogP contribution is -2.04. The van der Waals surface area contributed by atoms with Crippen molar-refractivity contribution in [3.05, 3.63) is 58.6 Å². The first kappa shape index (κ1) is 12.2. The van der Waals surface area contributed by atoms with Crippen LogP contribution in [0.4, 0.5) is 0 Å². The van der Waals surface area contributed by atoms with Crippen LogP contribution in [0.15, 0.2) is 42.5 Å². The molecule has 0 spiro atoms. The molecule has 0 radical (unpaired) electrons. The van der Waals surface area contributed by atoms with Gasteiger partial charge in [0.15, 0.2) is 0 Å². The summed E-state index contributed by atoms with van der Waals surface area (Å²) in [4.78, 5) is 0. The average molecular weight is 246 g/mol. The molecule has 2 aromatic rings. The van der Waals surface area contributed by atoms with Crippen LogP contribution in [0.25, 0.3) is 11.1 Å². The number of hydrogen-bond acceptors (Lipinski definition) is 1. The van der Waals surface area contributed by atoms with Crippen molar-refractivity contribution in [1.29, 1.82) is 0 Å². The van der Waals surface area contributed by atoms with E-state index in [0.717, 1.165) is 17.0 Å². The third-order valence-corrected chi connectivity index (χ3v) is 3.16. The van der Waals surface area contributed by atoms with E-state index in [1.165, 1.54) is 16.7 Å². The normalized spacial score (nSPS) is 10.5. The minimum atomic E-state index is 0.680. The van der Waals surface area contributed by atoms with Crippen molar-refractivity contribution < 1.29 is 0 Å². The number of nitrogens with two attached hydrogens (primary N) is 1. The topological polar surface area (TPSA) is 26.0 Å². The van der Waals surface area contributed by atoms with Crippen molar-refractivity contribution in [1.82, 2.24) is 0 Å². The molecule has 0 amide bonds. The summed E-state index contributed by atoms with van der Waals surface area (Å²) < 4.78 is 0. The van der Waals surface area contributed by atoms with Gasteiger partial charge in [-0.3, -0.25) is 0 Å². The molecule has 0 aliphatic carbocycles. The van der Waals surface area contributed by atoms with Crippen LogP contribution in [0.2, 0.25) is 5.02 Å². The van der Waals surface area contributed by atoms with Gasteiger partial charge in [-0.15, -0.1) is 0 Å². The number of aryl methyl sites for hydroxylation is 1. The molecule has 0 saturated carbocycles. The largest absolute Gasteiger partial charge is 0.330 e. The van der Waals surface area contributed by atoms with E-state index in [0.29, 0.717) is 6.54 Å². The highest BCUT2D eigenvalue weighted by Gasteiger charge is 2.02. The lowest BCUT2D eigenvalue weighted by atomic mass is 9.98. The summed E-state index contributed by atoms with van der Waals surface area (Å²) in [6, 6.07) is 14.4. The van der Waals surface area contributed by atoms with Crippen LogP contribution in [-0.4, -0.2) is 6.54 Å². The molecule has 0 unspecified atom stereocenters. The fourth-order valence-corrected chi connectivity index (χ4v) is 2.13. The molecule has 17 heavy (non-hydrogen) atoms. The molecule has 0 aliphatic rings. The Morgan fingerprint density at radius 1 is 1.06 bits per heavy atom. The van der Waals surface area contributed by atoms with Crippen LogP contribution in [-0.2, 0) is 6.42 Å². The lowest BCUT2D eigenvalue weighted by Gasteiger charge is -2.08. The van der Waals surface area contributed by atoms with Gasteiger partial charge < -0.3 is 5.73 Å². The highest BCUT2D eigenvalue weighted by atomic mass is 35.5. The van der Waals surface area contributed by atoms with Crippen LogP contribution in [0.3, 0.4) is 0 Å². The second-order valence-corrected chi connectivity index (χ2v) is 4.63. The zero-order valence-electron chi connectivity index (χ0n) is 9.91. The van der Waals surface area contributed by atoms with Crippen molar-refractivity contribution in [3.8, 4) is 11.1 Å². The Bertz CT molecular complexity index is 520. The molecule has 0 aliphatic heterocycles. The first-order valence-corrected chi connectivity index (χ1v) is 6.14. The van der Waals surface area contributed by atoms with Crippen LogP contribution >= 0.6 is 11.6 Å². The Morgan fingerprint density at radius 2 is 1.82 bits per heavy atom. The molecule has 2 aromatic carbocycles. The van der Waals surface area contributed by atoms with Gasteiger partial charge in [0.1, 0.15) is 0 Å². The molecular formula is C15H16ClN. The van der Waals surface area contributed by atoms with Crippen molar-refractivity contribution in [2.45, 2.75) is 13.3 Å². The quantitative estimate of drug-likeness (QED) is 0.874. The Balaban J connectivity index is 2.42. The second kappa shape index (κ2) is 5.35. The zero-order valence-corrected chi connectivity index (χ0v) is 10.7. The predicted molar refractivity (Wildman–Crippen MR) is 74.4 cm³/mol. The van der Waals surface area contributed by atoms with Crippen LogP contribution in [0, 0.1) is 6.92 Å². The summed E-state index contributed by atoms with van der Waals surface area (Å²) in [6.45, 7) is 2.80. The maximum Gasteiger partial charge on any atom is 0.0412 e. The molecule has 0 aromatic heterocycles. The number of rotatable bonds is 3. The van der Waals surface area contributed by atoms with E-state index < -0.39 is 0 Å². The van der Waals surface area contributed by atoms with E-state index in [1.807, 2.05) is 18.2 Å². The standard InChI is InChI=1S/C15H16ClN/c1-11-5-6-14(9-12(11)7-8-17)13-3-2-4-15(16)10-13/h2-6,9-10H,7-8,17H2,1H3. The summed E-state index contributed by atoms with van der Waals surface area (Å²) in [5.41, 5.74) is 10.6. The molecule has 0 heterocycles. The van der Waals surface area contributed by atoms with Gasteiger partial charge in [0.05, 0.1) is 0 Å². The van der Waals surface area contributed by atoms with Gasteiger partial charge in [-0.2, -0.15) is 0 Å². The van der Waals surface area contributed by atoms with Gasteiger partial charge in [-0.05, 0) is 54.3 Å².